The van der Waals surface area contributed by atoms with E-state index in [9.17, 15) is 19.2 Å². The zero-order valence-corrected chi connectivity index (χ0v) is 19.8. The summed E-state index contributed by atoms with van der Waals surface area (Å²) in [7, 11) is 1.27. The highest BCUT2D eigenvalue weighted by Gasteiger charge is 2.24. The molecule has 9 nitrogen and oxygen atoms in total. The Labute approximate surface area is 199 Å². The van der Waals surface area contributed by atoms with Gasteiger partial charge in [0.05, 0.1) is 24.4 Å². The van der Waals surface area contributed by atoms with Crippen LogP contribution in [0.25, 0.3) is 10.2 Å². The maximum Gasteiger partial charge on any atom is 0.348 e. The molecule has 1 aliphatic rings. The first-order valence-electron chi connectivity index (χ1n) is 11.0. The first-order valence-corrected chi connectivity index (χ1v) is 11.9. The van der Waals surface area contributed by atoms with Crippen molar-refractivity contribution in [2.45, 2.75) is 51.7 Å². The van der Waals surface area contributed by atoms with Crippen LogP contribution < -0.4 is 10.9 Å². The fraction of sp³-hybridized carbons (Fsp3) is 0.375. The molecule has 1 aliphatic carbocycles. The number of anilines is 1. The normalized spacial score (nSPS) is 14.1. The SMILES string of the molecule is COC(=O)c1cccc(NC(=O)Cn2cnc3sc(C(=O)OC4CCCCC4)c(C)c3c2=O)c1. The van der Waals surface area contributed by atoms with Gasteiger partial charge in [-0.1, -0.05) is 12.5 Å². The predicted molar refractivity (Wildman–Crippen MR) is 127 cm³/mol. The Morgan fingerprint density at radius 1 is 1.18 bits per heavy atom. The van der Waals surface area contributed by atoms with Crippen LogP contribution in [0.15, 0.2) is 35.4 Å². The van der Waals surface area contributed by atoms with Gasteiger partial charge in [-0.15, -0.1) is 11.3 Å². The molecule has 0 spiro atoms. The fourth-order valence-corrected chi connectivity index (χ4v) is 5.07. The molecule has 1 aromatic carbocycles. The second kappa shape index (κ2) is 10.2. The largest absolute Gasteiger partial charge is 0.465 e. The number of esters is 2. The van der Waals surface area contributed by atoms with E-state index in [1.165, 1.54) is 24.1 Å². The van der Waals surface area contributed by atoms with E-state index in [1.54, 1.807) is 25.1 Å². The second-order valence-corrected chi connectivity index (χ2v) is 9.20. The van der Waals surface area contributed by atoms with Gasteiger partial charge in [-0.25, -0.2) is 14.6 Å². The Bertz CT molecular complexity index is 1310. The lowest BCUT2D eigenvalue weighted by Gasteiger charge is -2.21. The number of thiophene rings is 1. The molecule has 0 atom stereocenters. The van der Waals surface area contributed by atoms with Crippen LogP contribution >= 0.6 is 11.3 Å². The second-order valence-electron chi connectivity index (χ2n) is 8.20. The number of carbonyl (C=O) groups is 3. The average Bonchev–Trinajstić information content (AvgIpc) is 3.18. The molecule has 0 unspecified atom stereocenters. The Hall–Kier alpha value is -3.53. The number of methoxy groups -OCH3 is 1. The number of ether oxygens (including phenoxy) is 2. The van der Waals surface area contributed by atoms with Crippen LogP contribution in [-0.2, 0) is 20.8 Å². The van der Waals surface area contributed by atoms with E-state index in [-0.39, 0.29) is 12.6 Å². The molecule has 2 heterocycles. The molecule has 0 bridgehead atoms. The van der Waals surface area contributed by atoms with Crippen LogP contribution in [0.1, 0.15) is 57.7 Å². The van der Waals surface area contributed by atoms with E-state index < -0.39 is 23.4 Å². The van der Waals surface area contributed by atoms with Gasteiger partial charge in [-0.3, -0.25) is 14.2 Å². The van der Waals surface area contributed by atoms with Crippen molar-refractivity contribution in [3.63, 3.8) is 0 Å². The number of fused-ring (bicyclic) bond motifs is 1. The third-order valence-electron chi connectivity index (χ3n) is 5.81. The van der Waals surface area contributed by atoms with E-state index in [4.69, 9.17) is 4.74 Å². The lowest BCUT2D eigenvalue weighted by atomic mass is 9.98. The quantitative estimate of drug-likeness (QED) is 0.532. The van der Waals surface area contributed by atoms with Crippen molar-refractivity contribution in [3.8, 4) is 0 Å². The molecule has 0 aliphatic heterocycles. The van der Waals surface area contributed by atoms with Gasteiger partial charge in [-0.2, -0.15) is 0 Å². The maximum absolute atomic E-state index is 13.1. The Balaban J connectivity index is 1.51. The number of benzene rings is 1. The van der Waals surface area contributed by atoms with Crippen molar-refractivity contribution < 1.29 is 23.9 Å². The van der Waals surface area contributed by atoms with Gasteiger partial charge in [0, 0.05) is 5.69 Å². The molecule has 10 heteroatoms. The van der Waals surface area contributed by atoms with Crippen molar-refractivity contribution in [2.75, 3.05) is 12.4 Å². The minimum absolute atomic E-state index is 0.0862. The lowest BCUT2D eigenvalue weighted by Crippen LogP contribution is -2.28. The summed E-state index contributed by atoms with van der Waals surface area (Å²) in [4.78, 5) is 55.1. The molecular weight excluding hydrogens is 458 g/mol. The summed E-state index contributed by atoms with van der Waals surface area (Å²) in [6.07, 6.45) is 6.17. The highest BCUT2D eigenvalue weighted by molar-refractivity contribution is 7.20. The third-order valence-corrected chi connectivity index (χ3v) is 6.99. The van der Waals surface area contributed by atoms with E-state index in [1.807, 2.05) is 0 Å². The summed E-state index contributed by atoms with van der Waals surface area (Å²) in [6, 6.07) is 6.30. The van der Waals surface area contributed by atoms with Crippen LogP contribution in [0.5, 0.6) is 0 Å². The number of rotatable bonds is 6. The first-order chi connectivity index (χ1) is 16.4. The van der Waals surface area contributed by atoms with E-state index in [2.05, 4.69) is 15.0 Å². The molecule has 1 N–H and O–H groups in total. The fourth-order valence-electron chi connectivity index (χ4n) is 4.05. The van der Waals surface area contributed by atoms with Gasteiger partial charge in [0.15, 0.2) is 0 Å². The molecular formula is C24H25N3O6S. The van der Waals surface area contributed by atoms with Crippen molar-refractivity contribution in [1.29, 1.82) is 0 Å². The standard InChI is InChI=1S/C24H25N3O6S/c1-14-19-21(34-20(14)24(31)33-17-9-4-3-5-10-17)25-13-27(22(19)29)12-18(28)26-16-8-6-7-15(11-16)23(30)32-2/h6-8,11,13,17H,3-5,9-10,12H2,1-2H3,(H,26,28). The van der Waals surface area contributed by atoms with Crippen LogP contribution in [0.2, 0.25) is 0 Å². The van der Waals surface area contributed by atoms with Gasteiger partial charge >= 0.3 is 11.9 Å². The van der Waals surface area contributed by atoms with E-state index in [0.29, 0.717) is 31.9 Å². The number of aryl methyl sites for hydroxylation is 1. The minimum Gasteiger partial charge on any atom is -0.465 e. The number of nitrogens with zero attached hydrogens (tertiary/aromatic N) is 2. The number of hydrogen-bond acceptors (Lipinski definition) is 8. The van der Waals surface area contributed by atoms with Gasteiger partial charge < -0.3 is 14.8 Å². The molecule has 1 fully saturated rings. The van der Waals surface area contributed by atoms with E-state index in [0.717, 1.165) is 43.4 Å². The number of hydrogen-bond donors (Lipinski definition) is 1. The van der Waals surface area contributed by atoms with Crippen molar-refractivity contribution in [1.82, 2.24) is 9.55 Å². The van der Waals surface area contributed by atoms with Crippen LogP contribution in [0.4, 0.5) is 5.69 Å². The molecule has 4 rings (SSSR count). The Kier molecular flexibility index (Phi) is 7.06. The first kappa shape index (κ1) is 23.6. The van der Waals surface area contributed by atoms with Crippen LogP contribution in [0, 0.1) is 6.92 Å². The van der Waals surface area contributed by atoms with Crippen molar-refractivity contribution >= 4 is 45.1 Å². The summed E-state index contributed by atoms with van der Waals surface area (Å²) in [5, 5.41) is 2.97. The summed E-state index contributed by atoms with van der Waals surface area (Å²) in [5.74, 6) is -1.41. The molecule has 0 radical (unpaired) electrons. The number of amides is 1. The van der Waals surface area contributed by atoms with E-state index >= 15 is 0 Å². The van der Waals surface area contributed by atoms with Crippen LogP contribution in [-0.4, -0.2) is 40.6 Å². The average molecular weight is 484 g/mol. The lowest BCUT2D eigenvalue weighted by molar-refractivity contribution is -0.116. The molecule has 1 amide bonds. The zero-order chi connectivity index (χ0) is 24.2. The number of aromatic nitrogens is 2. The molecule has 1 saturated carbocycles. The summed E-state index contributed by atoms with van der Waals surface area (Å²) < 4.78 is 11.5. The van der Waals surface area contributed by atoms with Crippen molar-refractivity contribution in [3.05, 3.63) is 57.0 Å². The molecule has 2 aromatic heterocycles. The van der Waals surface area contributed by atoms with Gasteiger partial charge in [0.25, 0.3) is 5.56 Å². The number of nitrogens with one attached hydrogen (secondary N) is 1. The summed E-state index contributed by atoms with van der Waals surface area (Å²) in [5.41, 5.74) is 0.796. The monoisotopic (exact) mass is 483 g/mol. The molecule has 0 saturated heterocycles. The topological polar surface area (TPSA) is 117 Å². The summed E-state index contributed by atoms with van der Waals surface area (Å²) in [6.45, 7) is 1.42. The van der Waals surface area contributed by atoms with Crippen molar-refractivity contribution in [2.24, 2.45) is 0 Å². The highest BCUT2D eigenvalue weighted by Crippen LogP contribution is 2.29. The maximum atomic E-state index is 13.1. The van der Waals surface area contributed by atoms with Gasteiger partial charge in [-0.05, 0) is 56.4 Å². The predicted octanol–water partition coefficient (Wildman–Crippen LogP) is 3.68. The Morgan fingerprint density at radius 3 is 2.68 bits per heavy atom. The molecule has 34 heavy (non-hydrogen) atoms. The summed E-state index contributed by atoms with van der Waals surface area (Å²) >= 11 is 1.13. The van der Waals surface area contributed by atoms with Gasteiger partial charge in [0.2, 0.25) is 5.91 Å². The molecule has 178 valence electrons. The molecule has 3 aromatic rings. The van der Waals surface area contributed by atoms with Gasteiger partial charge in [0.1, 0.15) is 22.4 Å². The zero-order valence-electron chi connectivity index (χ0n) is 19.0. The Morgan fingerprint density at radius 2 is 1.94 bits per heavy atom. The highest BCUT2D eigenvalue weighted by atomic mass is 32.1. The third kappa shape index (κ3) is 5.01. The number of carbonyl (C=O) groups excluding carboxylic acids is 3. The van der Waals surface area contributed by atoms with Crippen LogP contribution in [0.3, 0.4) is 0 Å². The smallest absolute Gasteiger partial charge is 0.348 e. The minimum atomic E-state index is -0.521.